The molecular weight excluding hydrogens is 391 g/mol. The molecule has 1 heterocycles. The van der Waals surface area contributed by atoms with Gasteiger partial charge in [-0.15, -0.1) is 10.2 Å². The lowest BCUT2D eigenvalue weighted by atomic mass is 10.2. The zero-order chi connectivity index (χ0) is 20.5. The zero-order valence-electron chi connectivity index (χ0n) is 16.2. The number of thioether (sulfide) groups is 1. The molecule has 1 N–H and O–H groups in total. The SMILES string of the molecule is COCCCCNC(=O)CSc1nnc(-c2ccccc2F)n1-c1ccccc1. The molecule has 0 saturated heterocycles. The topological polar surface area (TPSA) is 69.0 Å². The number of carbonyl (C=O) groups is 1. The van der Waals surface area contributed by atoms with E-state index in [4.69, 9.17) is 4.74 Å². The summed E-state index contributed by atoms with van der Waals surface area (Å²) in [6.45, 7) is 1.29. The van der Waals surface area contributed by atoms with Gasteiger partial charge in [-0.3, -0.25) is 9.36 Å². The lowest BCUT2D eigenvalue weighted by molar-refractivity contribution is -0.118. The van der Waals surface area contributed by atoms with E-state index >= 15 is 0 Å². The first-order valence-electron chi connectivity index (χ1n) is 9.35. The summed E-state index contributed by atoms with van der Waals surface area (Å²) >= 11 is 1.27. The van der Waals surface area contributed by atoms with Gasteiger partial charge in [-0.1, -0.05) is 42.1 Å². The van der Waals surface area contributed by atoms with Crippen LogP contribution in [0.25, 0.3) is 17.1 Å². The molecule has 3 aromatic rings. The molecule has 0 fully saturated rings. The van der Waals surface area contributed by atoms with E-state index in [1.807, 2.05) is 30.3 Å². The number of para-hydroxylation sites is 1. The molecule has 0 saturated carbocycles. The van der Waals surface area contributed by atoms with Crippen molar-refractivity contribution in [3.63, 3.8) is 0 Å². The van der Waals surface area contributed by atoms with Crippen LogP contribution in [0.15, 0.2) is 59.8 Å². The zero-order valence-corrected chi connectivity index (χ0v) is 17.0. The Balaban J connectivity index is 1.76. The summed E-state index contributed by atoms with van der Waals surface area (Å²) in [7, 11) is 1.66. The smallest absolute Gasteiger partial charge is 0.230 e. The molecule has 0 aliphatic heterocycles. The minimum absolute atomic E-state index is 0.0810. The van der Waals surface area contributed by atoms with E-state index < -0.39 is 0 Å². The van der Waals surface area contributed by atoms with E-state index in [9.17, 15) is 9.18 Å². The van der Waals surface area contributed by atoms with E-state index in [0.29, 0.717) is 29.7 Å². The number of benzene rings is 2. The Bertz CT molecular complexity index is 933. The minimum atomic E-state index is -0.373. The predicted molar refractivity (Wildman–Crippen MR) is 112 cm³/mol. The number of ether oxygens (including phenoxy) is 1. The van der Waals surface area contributed by atoms with Gasteiger partial charge in [-0.2, -0.15) is 0 Å². The fourth-order valence-corrected chi connectivity index (χ4v) is 3.55. The van der Waals surface area contributed by atoms with Gasteiger partial charge in [0.15, 0.2) is 11.0 Å². The fourth-order valence-electron chi connectivity index (χ4n) is 2.77. The van der Waals surface area contributed by atoms with Crippen LogP contribution in [0.5, 0.6) is 0 Å². The first kappa shape index (κ1) is 21.0. The van der Waals surface area contributed by atoms with Crippen LogP contribution < -0.4 is 5.32 Å². The number of halogens is 1. The normalized spacial score (nSPS) is 10.8. The van der Waals surface area contributed by atoms with Crippen molar-refractivity contribution in [2.45, 2.75) is 18.0 Å². The number of hydrogen-bond acceptors (Lipinski definition) is 5. The molecule has 0 atom stereocenters. The Morgan fingerprint density at radius 1 is 1.10 bits per heavy atom. The van der Waals surface area contributed by atoms with Crippen molar-refractivity contribution >= 4 is 17.7 Å². The molecule has 1 amide bonds. The van der Waals surface area contributed by atoms with E-state index in [2.05, 4.69) is 15.5 Å². The number of nitrogens with one attached hydrogen (secondary N) is 1. The molecule has 0 bridgehead atoms. The molecule has 0 aliphatic rings. The summed E-state index contributed by atoms with van der Waals surface area (Å²) in [6, 6.07) is 15.9. The second-order valence-corrected chi connectivity index (χ2v) is 7.24. The number of unbranched alkanes of at least 4 members (excludes halogenated alkanes) is 1. The molecule has 0 spiro atoms. The molecule has 6 nitrogen and oxygen atoms in total. The molecule has 29 heavy (non-hydrogen) atoms. The van der Waals surface area contributed by atoms with Gasteiger partial charge in [0.1, 0.15) is 5.82 Å². The molecule has 0 aliphatic carbocycles. The molecule has 8 heteroatoms. The largest absolute Gasteiger partial charge is 0.385 e. The molecule has 1 aromatic heterocycles. The first-order chi connectivity index (χ1) is 14.2. The van der Waals surface area contributed by atoms with Gasteiger partial charge in [0, 0.05) is 25.9 Å². The Morgan fingerprint density at radius 3 is 2.62 bits per heavy atom. The van der Waals surface area contributed by atoms with Crippen LogP contribution in [0.2, 0.25) is 0 Å². The second-order valence-electron chi connectivity index (χ2n) is 6.30. The van der Waals surface area contributed by atoms with Gasteiger partial charge < -0.3 is 10.1 Å². The van der Waals surface area contributed by atoms with Gasteiger partial charge >= 0.3 is 0 Å². The highest BCUT2D eigenvalue weighted by molar-refractivity contribution is 7.99. The van der Waals surface area contributed by atoms with Gasteiger partial charge in [0.25, 0.3) is 0 Å². The quantitative estimate of drug-likeness (QED) is 0.405. The number of aromatic nitrogens is 3. The van der Waals surface area contributed by atoms with Crippen molar-refractivity contribution < 1.29 is 13.9 Å². The highest BCUT2D eigenvalue weighted by Gasteiger charge is 2.19. The molecule has 0 radical (unpaired) electrons. The third kappa shape index (κ3) is 5.65. The second kappa shape index (κ2) is 10.7. The Labute approximate surface area is 173 Å². The minimum Gasteiger partial charge on any atom is -0.385 e. The van der Waals surface area contributed by atoms with Crippen LogP contribution in [0.1, 0.15) is 12.8 Å². The predicted octanol–water partition coefficient (Wildman–Crippen LogP) is 3.71. The molecule has 152 valence electrons. The van der Waals surface area contributed by atoms with Crippen LogP contribution in [0, 0.1) is 5.82 Å². The lowest BCUT2D eigenvalue weighted by Gasteiger charge is -2.11. The Hall–Kier alpha value is -2.71. The number of rotatable bonds is 10. The first-order valence-corrected chi connectivity index (χ1v) is 10.3. The highest BCUT2D eigenvalue weighted by Crippen LogP contribution is 2.29. The average molecular weight is 415 g/mol. The summed E-state index contributed by atoms with van der Waals surface area (Å²) in [5, 5.41) is 11.8. The maximum Gasteiger partial charge on any atom is 0.230 e. The molecule has 3 rings (SSSR count). The number of hydrogen-bond donors (Lipinski definition) is 1. The number of carbonyl (C=O) groups excluding carboxylic acids is 1. The Kier molecular flexibility index (Phi) is 7.77. The van der Waals surface area contributed by atoms with Crippen LogP contribution in [-0.4, -0.2) is 46.7 Å². The van der Waals surface area contributed by atoms with Gasteiger partial charge in [-0.05, 0) is 37.1 Å². The van der Waals surface area contributed by atoms with Crippen LogP contribution >= 0.6 is 11.8 Å². The summed E-state index contributed by atoms with van der Waals surface area (Å²) in [5.41, 5.74) is 1.16. The van der Waals surface area contributed by atoms with Crippen LogP contribution in [-0.2, 0) is 9.53 Å². The summed E-state index contributed by atoms with van der Waals surface area (Å²) in [5.74, 6) is 0.147. The van der Waals surface area contributed by atoms with E-state index in [0.717, 1.165) is 18.5 Å². The van der Waals surface area contributed by atoms with Crippen molar-refractivity contribution in [2.75, 3.05) is 26.0 Å². The van der Waals surface area contributed by atoms with Crippen molar-refractivity contribution in [1.29, 1.82) is 0 Å². The van der Waals surface area contributed by atoms with Crippen molar-refractivity contribution in [3.05, 3.63) is 60.4 Å². The van der Waals surface area contributed by atoms with Gasteiger partial charge in [0.2, 0.25) is 5.91 Å². The van der Waals surface area contributed by atoms with E-state index in [1.165, 1.54) is 17.8 Å². The van der Waals surface area contributed by atoms with E-state index in [1.54, 1.807) is 29.9 Å². The number of nitrogens with zero attached hydrogens (tertiary/aromatic N) is 3. The van der Waals surface area contributed by atoms with Crippen LogP contribution in [0.3, 0.4) is 0 Å². The number of methoxy groups -OCH3 is 1. The maximum absolute atomic E-state index is 14.4. The van der Waals surface area contributed by atoms with Crippen molar-refractivity contribution in [2.24, 2.45) is 0 Å². The summed E-state index contributed by atoms with van der Waals surface area (Å²) in [4.78, 5) is 12.1. The average Bonchev–Trinajstić information content (AvgIpc) is 3.17. The monoisotopic (exact) mass is 414 g/mol. The van der Waals surface area contributed by atoms with Crippen molar-refractivity contribution in [3.8, 4) is 17.1 Å². The molecule has 2 aromatic carbocycles. The maximum atomic E-state index is 14.4. The fraction of sp³-hybridized carbons (Fsp3) is 0.286. The molecular formula is C21H23FN4O2S. The molecule has 0 unspecified atom stereocenters. The Morgan fingerprint density at radius 2 is 1.86 bits per heavy atom. The standard InChI is InChI=1S/C21H23FN4O2S/c1-28-14-8-7-13-23-19(27)15-29-21-25-24-20(17-11-5-6-12-18(17)22)26(21)16-9-3-2-4-10-16/h2-6,9-12H,7-8,13-15H2,1H3,(H,23,27). The summed E-state index contributed by atoms with van der Waals surface area (Å²) < 4.78 is 21.1. The van der Waals surface area contributed by atoms with Crippen molar-refractivity contribution in [1.82, 2.24) is 20.1 Å². The van der Waals surface area contributed by atoms with Crippen LogP contribution in [0.4, 0.5) is 4.39 Å². The third-order valence-corrected chi connectivity index (χ3v) is 5.12. The summed E-state index contributed by atoms with van der Waals surface area (Å²) in [6.07, 6.45) is 1.76. The van der Waals surface area contributed by atoms with Gasteiger partial charge in [-0.25, -0.2) is 4.39 Å². The number of amides is 1. The third-order valence-electron chi connectivity index (χ3n) is 4.19. The van der Waals surface area contributed by atoms with Gasteiger partial charge in [0.05, 0.1) is 11.3 Å². The van der Waals surface area contributed by atoms with E-state index in [-0.39, 0.29) is 17.5 Å². The lowest BCUT2D eigenvalue weighted by Crippen LogP contribution is -2.26. The highest BCUT2D eigenvalue weighted by atomic mass is 32.2.